The number of nitrogens with one attached hydrogen (secondary N) is 2. The van der Waals surface area contributed by atoms with Crippen LogP contribution in [0.4, 0.5) is 9.80 Å². The third-order valence-electron chi connectivity index (χ3n) is 4.04. The molecule has 6 nitrogen and oxygen atoms in total. The maximum atomic E-state index is 11.9. The van der Waals surface area contributed by atoms with Crippen molar-refractivity contribution >= 4 is 32.6 Å². The minimum absolute atomic E-state index is 0.0963. The molecular weight excluding hydrogens is 360 g/mol. The van der Waals surface area contributed by atoms with Gasteiger partial charge in [0.15, 0.2) is 0 Å². The molecule has 4 rings (SSSR count). The van der Waals surface area contributed by atoms with Gasteiger partial charge in [-0.3, -0.25) is 5.32 Å². The van der Waals surface area contributed by atoms with E-state index in [4.69, 9.17) is 10.2 Å². The van der Waals surface area contributed by atoms with Crippen molar-refractivity contribution in [3.63, 3.8) is 0 Å². The lowest BCUT2D eigenvalue weighted by atomic mass is 10.1. The van der Waals surface area contributed by atoms with E-state index in [1.165, 1.54) is 11.3 Å². The molecule has 2 amide bonds. The summed E-state index contributed by atoms with van der Waals surface area (Å²) in [7, 11) is 0. The van der Waals surface area contributed by atoms with E-state index in [9.17, 15) is 4.79 Å². The number of carbonyl (C=O) groups excluding carboxylic acids is 1. The monoisotopic (exact) mass is 378 g/mol. The van der Waals surface area contributed by atoms with Crippen LogP contribution in [-0.2, 0) is 0 Å². The van der Waals surface area contributed by atoms with Gasteiger partial charge in [-0.15, -0.1) is 0 Å². The molecule has 7 heteroatoms. The van der Waals surface area contributed by atoms with Crippen molar-refractivity contribution in [3.05, 3.63) is 66.7 Å². The predicted molar refractivity (Wildman–Crippen MR) is 108 cm³/mol. The summed E-state index contributed by atoms with van der Waals surface area (Å²) in [5, 5.41) is 20.8. The van der Waals surface area contributed by atoms with Crippen LogP contribution < -0.4 is 10.6 Å². The Hall–Kier alpha value is -3.16. The standard InChI is InChI=1S/C20H18N4O2S/c25-12-11-21-20(26)22-17-13-16-18(14-7-3-1-4-8-14)23-24(19(16)27-17)15-9-5-2-6-10-15/h1-10,13,25H,11-12H2,(H2,21,22,26). The van der Waals surface area contributed by atoms with Crippen molar-refractivity contribution in [1.82, 2.24) is 15.1 Å². The minimum Gasteiger partial charge on any atom is -0.395 e. The van der Waals surface area contributed by atoms with Gasteiger partial charge in [-0.25, -0.2) is 9.48 Å². The molecule has 2 heterocycles. The molecule has 0 radical (unpaired) electrons. The van der Waals surface area contributed by atoms with Crippen LogP contribution in [0.15, 0.2) is 66.7 Å². The summed E-state index contributed by atoms with van der Waals surface area (Å²) in [6.07, 6.45) is 0. The first-order valence-corrected chi connectivity index (χ1v) is 9.37. The van der Waals surface area contributed by atoms with E-state index in [0.717, 1.165) is 32.2 Å². The lowest BCUT2D eigenvalue weighted by molar-refractivity contribution is 0.245. The highest BCUT2D eigenvalue weighted by Gasteiger charge is 2.17. The quantitative estimate of drug-likeness (QED) is 0.493. The van der Waals surface area contributed by atoms with Crippen molar-refractivity contribution in [2.24, 2.45) is 0 Å². The van der Waals surface area contributed by atoms with Crippen LogP contribution in [0.2, 0.25) is 0 Å². The average Bonchev–Trinajstić information content (AvgIpc) is 3.26. The van der Waals surface area contributed by atoms with Gasteiger partial charge < -0.3 is 10.4 Å². The molecule has 0 saturated carbocycles. The molecule has 2 aromatic carbocycles. The number of fused-ring (bicyclic) bond motifs is 1. The van der Waals surface area contributed by atoms with E-state index >= 15 is 0 Å². The third kappa shape index (κ3) is 3.55. The number of aliphatic hydroxyl groups excluding tert-OH is 1. The Balaban J connectivity index is 1.79. The van der Waals surface area contributed by atoms with Crippen molar-refractivity contribution in [2.75, 3.05) is 18.5 Å². The Morgan fingerprint density at radius 3 is 2.48 bits per heavy atom. The molecule has 0 saturated heterocycles. The number of carbonyl (C=O) groups is 1. The topological polar surface area (TPSA) is 79.2 Å². The molecule has 0 bridgehead atoms. The SMILES string of the molecule is O=C(NCCO)Nc1cc2c(-c3ccccc3)nn(-c3ccccc3)c2s1. The predicted octanol–water partition coefficient (Wildman–Crippen LogP) is 3.87. The van der Waals surface area contributed by atoms with Gasteiger partial charge in [0.1, 0.15) is 10.5 Å². The first-order chi connectivity index (χ1) is 13.3. The normalized spacial score (nSPS) is 10.9. The summed E-state index contributed by atoms with van der Waals surface area (Å²) in [5.74, 6) is 0. The van der Waals surface area contributed by atoms with E-state index in [-0.39, 0.29) is 19.2 Å². The van der Waals surface area contributed by atoms with E-state index < -0.39 is 0 Å². The van der Waals surface area contributed by atoms with Crippen molar-refractivity contribution in [1.29, 1.82) is 0 Å². The molecule has 4 aromatic rings. The molecule has 2 aromatic heterocycles. The number of para-hydroxylation sites is 1. The fourth-order valence-electron chi connectivity index (χ4n) is 2.85. The van der Waals surface area contributed by atoms with Gasteiger partial charge >= 0.3 is 6.03 Å². The van der Waals surface area contributed by atoms with E-state index in [0.29, 0.717) is 0 Å². The number of hydrogen-bond acceptors (Lipinski definition) is 4. The highest BCUT2D eigenvalue weighted by atomic mass is 32.1. The van der Waals surface area contributed by atoms with Crippen molar-refractivity contribution in [3.8, 4) is 16.9 Å². The summed E-state index contributed by atoms with van der Waals surface area (Å²) in [4.78, 5) is 12.9. The number of hydrogen-bond donors (Lipinski definition) is 3. The van der Waals surface area contributed by atoms with Gasteiger partial charge in [0.2, 0.25) is 0 Å². The van der Waals surface area contributed by atoms with Gasteiger partial charge in [-0.1, -0.05) is 59.9 Å². The summed E-state index contributed by atoms with van der Waals surface area (Å²) < 4.78 is 1.90. The molecule has 0 fully saturated rings. The van der Waals surface area contributed by atoms with Gasteiger partial charge in [-0.05, 0) is 18.2 Å². The molecule has 0 unspecified atom stereocenters. The minimum atomic E-state index is -0.339. The molecule has 136 valence electrons. The number of amides is 2. The fourth-order valence-corrected chi connectivity index (χ4v) is 3.88. The van der Waals surface area contributed by atoms with E-state index in [1.54, 1.807) is 0 Å². The molecule has 27 heavy (non-hydrogen) atoms. The van der Waals surface area contributed by atoms with E-state index in [2.05, 4.69) is 10.6 Å². The largest absolute Gasteiger partial charge is 0.395 e. The van der Waals surface area contributed by atoms with Crippen LogP contribution in [0.5, 0.6) is 0 Å². The number of nitrogens with zero attached hydrogens (tertiary/aromatic N) is 2. The second kappa shape index (κ2) is 7.61. The first-order valence-electron chi connectivity index (χ1n) is 8.55. The first kappa shape index (κ1) is 17.3. The Kier molecular flexibility index (Phi) is 4.86. The highest BCUT2D eigenvalue weighted by Crippen LogP contribution is 2.37. The van der Waals surface area contributed by atoms with Crippen LogP contribution in [0.1, 0.15) is 0 Å². The molecule has 0 spiro atoms. The lowest BCUT2D eigenvalue weighted by Gasteiger charge is -2.04. The molecule has 3 N–H and O–H groups in total. The smallest absolute Gasteiger partial charge is 0.319 e. The van der Waals surface area contributed by atoms with Gasteiger partial charge in [-0.2, -0.15) is 5.10 Å². The third-order valence-corrected chi connectivity index (χ3v) is 5.07. The second-order valence-electron chi connectivity index (χ2n) is 5.90. The van der Waals surface area contributed by atoms with Gasteiger partial charge in [0.05, 0.1) is 17.3 Å². The van der Waals surface area contributed by atoms with Crippen molar-refractivity contribution in [2.45, 2.75) is 0 Å². The number of benzene rings is 2. The fraction of sp³-hybridized carbons (Fsp3) is 0.100. The molecule has 0 aliphatic carbocycles. The van der Waals surface area contributed by atoms with Crippen LogP contribution in [0.3, 0.4) is 0 Å². The highest BCUT2D eigenvalue weighted by molar-refractivity contribution is 7.22. The lowest BCUT2D eigenvalue weighted by Crippen LogP contribution is -2.30. The van der Waals surface area contributed by atoms with E-state index in [1.807, 2.05) is 71.4 Å². The Morgan fingerprint density at radius 2 is 1.78 bits per heavy atom. The Labute approximate surface area is 160 Å². The Morgan fingerprint density at radius 1 is 1.07 bits per heavy atom. The van der Waals surface area contributed by atoms with Crippen LogP contribution in [0.25, 0.3) is 27.2 Å². The Bertz CT molecular complexity index is 986. The number of anilines is 1. The molecule has 0 atom stereocenters. The number of urea groups is 1. The molecule has 0 aliphatic heterocycles. The zero-order valence-corrected chi connectivity index (χ0v) is 15.2. The number of thiophene rings is 1. The zero-order valence-electron chi connectivity index (χ0n) is 14.4. The maximum Gasteiger partial charge on any atom is 0.319 e. The average molecular weight is 378 g/mol. The summed E-state index contributed by atoms with van der Waals surface area (Å²) in [6, 6.07) is 21.5. The summed E-state index contributed by atoms with van der Waals surface area (Å²) in [5.41, 5.74) is 2.85. The number of aromatic nitrogens is 2. The molecule has 0 aliphatic rings. The van der Waals surface area contributed by atoms with Gasteiger partial charge in [0.25, 0.3) is 0 Å². The van der Waals surface area contributed by atoms with Crippen LogP contribution in [-0.4, -0.2) is 34.1 Å². The number of aliphatic hydroxyl groups is 1. The summed E-state index contributed by atoms with van der Waals surface area (Å²) >= 11 is 1.46. The zero-order chi connectivity index (χ0) is 18.6. The van der Waals surface area contributed by atoms with Crippen LogP contribution >= 0.6 is 11.3 Å². The van der Waals surface area contributed by atoms with Crippen LogP contribution in [0, 0.1) is 0 Å². The molecular formula is C20H18N4O2S. The second-order valence-corrected chi connectivity index (χ2v) is 6.93. The van der Waals surface area contributed by atoms with Gasteiger partial charge in [0, 0.05) is 17.5 Å². The maximum absolute atomic E-state index is 11.9. The number of rotatable bonds is 5. The van der Waals surface area contributed by atoms with Crippen molar-refractivity contribution < 1.29 is 9.90 Å². The summed E-state index contributed by atoms with van der Waals surface area (Å²) in [6.45, 7) is 0.116.